The molecular formula is C3H2F5NO3S. The van der Waals surface area contributed by atoms with Gasteiger partial charge in [-0.3, -0.25) is 4.79 Å². The molecule has 2 N–H and O–H groups in total. The van der Waals surface area contributed by atoms with Gasteiger partial charge in [0.05, 0.1) is 0 Å². The molecule has 1 amide bonds. The monoisotopic (exact) mass is 227 g/mol. The van der Waals surface area contributed by atoms with Crippen molar-refractivity contribution in [3.63, 3.8) is 0 Å². The zero-order chi connectivity index (χ0) is 11.1. The summed E-state index contributed by atoms with van der Waals surface area (Å²) in [6.07, 6.45) is -6.24. The SMILES string of the molecule is NC(=O)C(F)(C(F)(F)F)S(=O)(=O)F. The maximum Gasteiger partial charge on any atom is 0.449 e. The second-order valence-corrected chi connectivity index (χ2v) is 3.33. The van der Waals surface area contributed by atoms with Crippen LogP contribution in [-0.4, -0.2) is 25.5 Å². The van der Waals surface area contributed by atoms with Crippen LogP contribution < -0.4 is 5.73 Å². The van der Waals surface area contributed by atoms with Crippen molar-refractivity contribution in [2.24, 2.45) is 5.73 Å². The Bertz CT molecular complexity index is 320. The lowest BCUT2D eigenvalue weighted by Crippen LogP contribution is -2.55. The number of nitrogens with two attached hydrogens (primary N) is 1. The summed E-state index contributed by atoms with van der Waals surface area (Å²) in [7, 11) is -6.79. The van der Waals surface area contributed by atoms with Gasteiger partial charge >= 0.3 is 21.4 Å². The summed E-state index contributed by atoms with van der Waals surface area (Å²) in [5, 5.41) is -5.68. The average Bonchev–Trinajstić information content (AvgIpc) is 1.80. The van der Waals surface area contributed by atoms with Crippen LogP contribution in [0.5, 0.6) is 0 Å². The Hall–Kier alpha value is -0.930. The van der Waals surface area contributed by atoms with Crippen molar-refractivity contribution < 1.29 is 34.7 Å². The third-order valence-electron chi connectivity index (χ3n) is 1.02. The summed E-state index contributed by atoms with van der Waals surface area (Å²) in [5.74, 6) is -2.97. The molecule has 0 aliphatic heterocycles. The van der Waals surface area contributed by atoms with Crippen LogP contribution in [0.4, 0.5) is 21.4 Å². The lowest BCUT2D eigenvalue weighted by Gasteiger charge is -2.19. The first kappa shape index (κ1) is 12.1. The standard InChI is InChI=1S/C3H2F5NO3S/c4-2(1(9)10,3(5,6)7)13(8,11)12/h(H2,9,10). The maximum absolute atomic E-state index is 12.4. The minimum Gasteiger partial charge on any atom is -0.366 e. The predicted molar refractivity (Wildman–Crippen MR) is 29.1 cm³/mol. The quantitative estimate of drug-likeness (QED) is 0.532. The van der Waals surface area contributed by atoms with Crippen LogP contribution in [0.1, 0.15) is 0 Å². The smallest absolute Gasteiger partial charge is 0.366 e. The number of amides is 1. The summed E-state index contributed by atoms with van der Waals surface area (Å²) in [5.41, 5.74) is 3.79. The predicted octanol–water partition coefficient (Wildman–Crippen LogP) is -0.000900. The molecule has 13 heavy (non-hydrogen) atoms. The molecule has 0 aliphatic carbocycles. The van der Waals surface area contributed by atoms with Gasteiger partial charge in [0.15, 0.2) is 0 Å². The van der Waals surface area contributed by atoms with E-state index in [1.165, 1.54) is 0 Å². The van der Waals surface area contributed by atoms with Gasteiger partial charge in [0.25, 0.3) is 5.91 Å². The summed E-state index contributed by atoms with van der Waals surface area (Å²) in [4.78, 5) is 9.82. The van der Waals surface area contributed by atoms with Crippen molar-refractivity contribution in [1.29, 1.82) is 0 Å². The molecule has 78 valence electrons. The van der Waals surface area contributed by atoms with Crippen LogP contribution in [0.2, 0.25) is 0 Å². The van der Waals surface area contributed by atoms with Crippen LogP contribution in [-0.2, 0) is 15.0 Å². The fourth-order valence-corrected chi connectivity index (χ4v) is 0.915. The van der Waals surface area contributed by atoms with Crippen LogP contribution >= 0.6 is 0 Å². The summed E-state index contributed by atoms with van der Waals surface area (Å²) >= 11 is 0. The molecule has 0 fully saturated rings. The van der Waals surface area contributed by atoms with E-state index >= 15 is 0 Å². The largest absolute Gasteiger partial charge is 0.449 e. The van der Waals surface area contributed by atoms with Crippen LogP contribution in [0.15, 0.2) is 0 Å². The molecule has 0 radical (unpaired) electrons. The van der Waals surface area contributed by atoms with E-state index in [0.29, 0.717) is 0 Å². The topological polar surface area (TPSA) is 77.2 Å². The number of hydrogen-bond acceptors (Lipinski definition) is 3. The molecular weight excluding hydrogens is 225 g/mol. The highest BCUT2D eigenvalue weighted by molar-refractivity contribution is 7.88. The first-order valence-corrected chi connectivity index (χ1v) is 3.82. The molecule has 0 aromatic rings. The van der Waals surface area contributed by atoms with Crippen molar-refractivity contribution in [3.05, 3.63) is 0 Å². The molecule has 1 unspecified atom stereocenters. The van der Waals surface area contributed by atoms with Gasteiger partial charge in [0.1, 0.15) is 0 Å². The van der Waals surface area contributed by atoms with Crippen LogP contribution in [0.3, 0.4) is 0 Å². The third kappa shape index (κ3) is 1.71. The van der Waals surface area contributed by atoms with E-state index < -0.39 is 27.3 Å². The van der Waals surface area contributed by atoms with Crippen molar-refractivity contribution in [2.75, 3.05) is 0 Å². The summed E-state index contributed by atoms with van der Waals surface area (Å²) < 4.78 is 78.2. The number of primary amides is 1. The van der Waals surface area contributed by atoms with Gasteiger partial charge in [-0.25, -0.2) is 4.39 Å². The van der Waals surface area contributed by atoms with Crippen LogP contribution in [0.25, 0.3) is 0 Å². The number of carbonyl (C=O) groups excluding carboxylic acids is 1. The van der Waals surface area contributed by atoms with Gasteiger partial charge in [-0.15, -0.1) is 3.89 Å². The van der Waals surface area contributed by atoms with Crippen molar-refractivity contribution >= 4 is 16.1 Å². The maximum atomic E-state index is 12.4. The van der Waals surface area contributed by atoms with Gasteiger partial charge in [-0.05, 0) is 0 Å². The number of rotatable bonds is 2. The molecule has 0 aromatic heterocycles. The van der Waals surface area contributed by atoms with E-state index in [1.807, 2.05) is 0 Å². The highest BCUT2D eigenvalue weighted by Gasteiger charge is 2.71. The van der Waals surface area contributed by atoms with E-state index in [2.05, 4.69) is 5.73 Å². The Morgan fingerprint density at radius 1 is 1.15 bits per heavy atom. The molecule has 0 saturated carbocycles. The first-order chi connectivity index (χ1) is 5.44. The van der Waals surface area contributed by atoms with Gasteiger partial charge in [-0.2, -0.15) is 21.6 Å². The molecule has 0 bridgehead atoms. The van der Waals surface area contributed by atoms with Crippen molar-refractivity contribution in [3.8, 4) is 0 Å². The molecule has 1 atom stereocenters. The molecule has 10 heteroatoms. The highest BCUT2D eigenvalue weighted by atomic mass is 32.3. The lowest BCUT2D eigenvalue weighted by molar-refractivity contribution is -0.199. The minimum absolute atomic E-state index is 2.97. The van der Waals surface area contributed by atoms with Gasteiger partial charge in [0, 0.05) is 0 Å². The van der Waals surface area contributed by atoms with E-state index in [-0.39, 0.29) is 0 Å². The Morgan fingerprint density at radius 2 is 1.46 bits per heavy atom. The molecule has 0 aromatic carbocycles. The van der Waals surface area contributed by atoms with Crippen molar-refractivity contribution in [1.82, 2.24) is 0 Å². The minimum atomic E-state index is -6.79. The molecule has 0 saturated heterocycles. The Labute approximate surface area is 68.7 Å². The van der Waals surface area contributed by atoms with Crippen LogP contribution in [0, 0.1) is 0 Å². The fourth-order valence-electron chi connectivity index (χ4n) is 0.398. The second-order valence-electron chi connectivity index (χ2n) is 1.90. The number of hydrogen-bond donors (Lipinski definition) is 1. The normalized spacial score (nSPS) is 17.9. The van der Waals surface area contributed by atoms with Gasteiger partial charge < -0.3 is 5.73 Å². The number of alkyl halides is 4. The zero-order valence-electron chi connectivity index (χ0n) is 5.60. The van der Waals surface area contributed by atoms with E-state index in [1.54, 1.807) is 0 Å². The number of carbonyl (C=O) groups is 1. The zero-order valence-corrected chi connectivity index (χ0v) is 6.42. The Morgan fingerprint density at radius 3 is 1.46 bits per heavy atom. The van der Waals surface area contributed by atoms with E-state index in [9.17, 15) is 34.7 Å². The highest BCUT2D eigenvalue weighted by Crippen LogP contribution is 2.39. The van der Waals surface area contributed by atoms with Gasteiger partial charge in [-0.1, -0.05) is 0 Å². The molecule has 0 heterocycles. The Kier molecular flexibility index (Phi) is 2.59. The third-order valence-corrected chi connectivity index (χ3v) is 2.12. The number of halogens is 5. The van der Waals surface area contributed by atoms with Crippen molar-refractivity contribution in [2.45, 2.75) is 11.2 Å². The molecule has 0 spiro atoms. The average molecular weight is 227 g/mol. The summed E-state index contributed by atoms with van der Waals surface area (Å²) in [6, 6.07) is 0. The summed E-state index contributed by atoms with van der Waals surface area (Å²) in [6.45, 7) is 0. The lowest BCUT2D eigenvalue weighted by atomic mass is 10.3. The van der Waals surface area contributed by atoms with Gasteiger partial charge in [0.2, 0.25) is 0 Å². The molecule has 0 aliphatic rings. The van der Waals surface area contributed by atoms with E-state index in [4.69, 9.17) is 0 Å². The molecule has 0 rings (SSSR count). The Balaban J connectivity index is 5.64. The van der Waals surface area contributed by atoms with E-state index in [0.717, 1.165) is 0 Å². The fraction of sp³-hybridized carbons (Fsp3) is 0.667. The first-order valence-electron chi connectivity index (χ1n) is 2.44. The molecule has 4 nitrogen and oxygen atoms in total. The second kappa shape index (κ2) is 2.79.